The van der Waals surface area contributed by atoms with Gasteiger partial charge in [-0.05, 0) is 36.5 Å². The molecule has 2 heterocycles. The molecule has 4 rings (SSSR count). The summed E-state index contributed by atoms with van der Waals surface area (Å²) in [5, 5.41) is 9.56. The number of nitrogens with zero attached hydrogens (tertiary/aromatic N) is 3. The molecule has 3 aromatic rings. The van der Waals surface area contributed by atoms with Crippen LogP contribution in [0.2, 0.25) is 0 Å². The van der Waals surface area contributed by atoms with Gasteiger partial charge in [0.1, 0.15) is 5.69 Å². The molecule has 0 radical (unpaired) electrons. The highest BCUT2D eigenvalue weighted by Crippen LogP contribution is 2.38. The van der Waals surface area contributed by atoms with Gasteiger partial charge in [-0.3, -0.25) is 14.6 Å². The molecular weight excluding hydrogens is 256 g/mol. The first-order valence-corrected chi connectivity index (χ1v) is 6.76. The highest BCUT2D eigenvalue weighted by atomic mass is 32.1. The van der Waals surface area contributed by atoms with Gasteiger partial charge in [-0.2, -0.15) is 5.10 Å². The number of aromatic amines is 1. The van der Waals surface area contributed by atoms with E-state index in [2.05, 4.69) is 31.9 Å². The van der Waals surface area contributed by atoms with Gasteiger partial charge < -0.3 is 0 Å². The summed E-state index contributed by atoms with van der Waals surface area (Å²) in [6, 6.07) is 10.7. The standard InChI is InChI=1S/C14H12N4S/c19-14-17-16-13(18(14)10-5-6-10)12-11-4-2-1-3-9(11)7-8-15-12/h1-4,7-8,10H,5-6H2,(H,17,19). The van der Waals surface area contributed by atoms with Crippen molar-refractivity contribution in [2.75, 3.05) is 0 Å². The van der Waals surface area contributed by atoms with Crippen LogP contribution in [0.3, 0.4) is 0 Å². The van der Waals surface area contributed by atoms with E-state index in [4.69, 9.17) is 12.2 Å². The van der Waals surface area contributed by atoms with E-state index in [0.717, 1.165) is 16.9 Å². The van der Waals surface area contributed by atoms with E-state index >= 15 is 0 Å². The van der Waals surface area contributed by atoms with Gasteiger partial charge in [0, 0.05) is 17.6 Å². The number of rotatable bonds is 2. The summed E-state index contributed by atoms with van der Waals surface area (Å²) < 4.78 is 2.79. The highest BCUT2D eigenvalue weighted by Gasteiger charge is 2.28. The second-order valence-electron chi connectivity index (χ2n) is 4.83. The molecule has 0 aliphatic heterocycles. The van der Waals surface area contributed by atoms with Crippen molar-refractivity contribution in [3.05, 3.63) is 41.3 Å². The number of fused-ring (bicyclic) bond motifs is 1. The molecule has 94 valence electrons. The van der Waals surface area contributed by atoms with Crippen molar-refractivity contribution in [2.24, 2.45) is 0 Å². The van der Waals surface area contributed by atoms with E-state index in [9.17, 15) is 0 Å². The molecule has 0 bridgehead atoms. The fraction of sp³-hybridized carbons (Fsp3) is 0.214. The van der Waals surface area contributed by atoms with Crippen molar-refractivity contribution in [1.82, 2.24) is 19.7 Å². The average molecular weight is 268 g/mol. The molecule has 0 unspecified atom stereocenters. The Bertz CT molecular complexity index is 808. The first kappa shape index (κ1) is 10.9. The van der Waals surface area contributed by atoms with Crippen LogP contribution in [0.25, 0.3) is 22.3 Å². The lowest BCUT2D eigenvalue weighted by Gasteiger charge is -2.07. The Hall–Kier alpha value is -2.01. The quantitative estimate of drug-likeness (QED) is 0.724. The number of hydrogen-bond donors (Lipinski definition) is 1. The molecule has 5 heteroatoms. The Kier molecular flexibility index (Phi) is 2.29. The summed E-state index contributed by atoms with van der Waals surface area (Å²) in [7, 11) is 0. The Morgan fingerprint density at radius 2 is 2.05 bits per heavy atom. The minimum Gasteiger partial charge on any atom is -0.296 e. The van der Waals surface area contributed by atoms with E-state index in [1.165, 1.54) is 18.2 Å². The number of aromatic nitrogens is 4. The van der Waals surface area contributed by atoms with Crippen LogP contribution in [-0.4, -0.2) is 19.7 Å². The zero-order valence-electron chi connectivity index (χ0n) is 10.2. The van der Waals surface area contributed by atoms with Gasteiger partial charge in [-0.25, -0.2) is 0 Å². The van der Waals surface area contributed by atoms with Crippen LogP contribution in [-0.2, 0) is 0 Å². The lowest BCUT2D eigenvalue weighted by molar-refractivity contribution is 0.733. The van der Waals surface area contributed by atoms with Crippen molar-refractivity contribution in [2.45, 2.75) is 18.9 Å². The molecule has 1 saturated carbocycles. The molecule has 0 saturated heterocycles. The fourth-order valence-corrected chi connectivity index (χ4v) is 2.72. The summed E-state index contributed by atoms with van der Waals surface area (Å²) >= 11 is 5.33. The summed E-state index contributed by atoms with van der Waals surface area (Å²) in [5.41, 5.74) is 0.900. The molecule has 19 heavy (non-hydrogen) atoms. The van der Waals surface area contributed by atoms with Crippen LogP contribution in [0.1, 0.15) is 18.9 Å². The van der Waals surface area contributed by atoms with Crippen molar-refractivity contribution in [3.63, 3.8) is 0 Å². The van der Waals surface area contributed by atoms with Crippen molar-refractivity contribution >= 4 is 23.0 Å². The monoisotopic (exact) mass is 268 g/mol. The van der Waals surface area contributed by atoms with E-state index < -0.39 is 0 Å². The van der Waals surface area contributed by atoms with Crippen LogP contribution in [0, 0.1) is 4.77 Å². The van der Waals surface area contributed by atoms with Gasteiger partial charge in [-0.15, -0.1) is 0 Å². The fourth-order valence-electron chi connectivity index (χ4n) is 2.44. The summed E-state index contributed by atoms with van der Waals surface area (Å²) in [6.07, 6.45) is 4.17. The molecule has 4 nitrogen and oxygen atoms in total. The minimum absolute atomic E-state index is 0.488. The maximum absolute atomic E-state index is 5.33. The normalized spacial score (nSPS) is 14.9. The SMILES string of the molecule is S=c1[nH]nc(-c2nccc3ccccc23)n1C1CC1. The number of hydrogen-bond acceptors (Lipinski definition) is 3. The van der Waals surface area contributed by atoms with Crippen LogP contribution < -0.4 is 0 Å². The Balaban J connectivity index is 2.03. The molecule has 1 aromatic carbocycles. The summed E-state index contributed by atoms with van der Waals surface area (Å²) in [5.74, 6) is 0.851. The van der Waals surface area contributed by atoms with E-state index in [1.54, 1.807) is 0 Å². The number of H-pyrrole nitrogens is 1. The van der Waals surface area contributed by atoms with Gasteiger partial charge >= 0.3 is 0 Å². The number of benzene rings is 1. The maximum Gasteiger partial charge on any atom is 0.195 e. The molecule has 1 fully saturated rings. The van der Waals surface area contributed by atoms with E-state index in [0.29, 0.717) is 10.8 Å². The predicted octanol–water partition coefficient (Wildman–Crippen LogP) is 3.49. The van der Waals surface area contributed by atoms with Gasteiger partial charge in [0.25, 0.3) is 0 Å². The van der Waals surface area contributed by atoms with Gasteiger partial charge in [0.05, 0.1) is 0 Å². The predicted molar refractivity (Wildman–Crippen MR) is 76.4 cm³/mol. The first-order valence-electron chi connectivity index (χ1n) is 6.35. The third kappa shape index (κ3) is 1.69. The number of nitrogens with one attached hydrogen (secondary N) is 1. The smallest absolute Gasteiger partial charge is 0.195 e. The summed E-state index contributed by atoms with van der Waals surface area (Å²) in [4.78, 5) is 4.51. The van der Waals surface area contributed by atoms with Crippen LogP contribution in [0.4, 0.5) is 0 Å². The van der Waals surface area contributed by atoms with Crippen molar-refractivity contribution in [1.29, 1.82) is 0 Å². The molecule has 1 N–H and O–H groups in total. The largest absolute Gasteiger partial charge is 0.296 e. The second-order valence-corrected chi connectivity index (χ2v) is 5.22. The topological polar surface area (TPSA) is 46.5 Å². The maximum atomic E-state index is 5.33. The zero-order chi connectivity index (χ0) is 12.8. The Morgan fingerprint density at radius 3 is 2.89 bits per heavy atom. The van der Waals surface area contributed by atoms with Crippen molar-refractivity contribution < 1.29 is 0 Å². The molecule has 1 aliphatic carbocycles. The Labute approximate surface area is 115 Å². The molecule has 0 atom stereocenters. The van der Waals surface area contributed by atoms with E-state index in [1.807, 2.05) is 24.4 Å². The number of pyridine rings is 1. The minimum atomic E-state index is 0.488. The highest BCUT2D eigenvalue weighted by molar-refractivity contribution is 7.71. The lowest BCUT2D eigenvalue weighted by atomic mass is 10.1. The van der Waals surface area contributed by atoms with Gasteiger partial charge in [-0.1, -0.05) is 24.3 Å². The molecule has 0 amide bonds. The Morgan fingerprint density at radius 1 is 1.21 bits per heavy atom. The second kappa shape index (κ2) is 3.99. The summed E-state index contributed by atoms with van der Waals surface area (Å²) in [6.45, 7) is 0. The van der Waals surface area contributed by atoms with Gasteiger partial charge in [0.15, 0.2) is 10.6 Å². The lowest BCUT2D eigenvalue weighted by Crippen LogP contribution is -1.99. The average Bonchev–Trinajstić information content (AvgIpc) is 3.21. The first-order chi connectivity index (χ1) is 9.34. The van der Waals surface area contributed by atoms with E-state index in [-0.39, 0.29) is 0 Å². The molecular formula is C14H12N4S. The van der Waals surface area contributed by atoms with Crippen LogP contribution >= 0.6 is 12.2 Å². The molecule has 0 spiro atoms. The third-order valence-electron chi connectivity index (χ3n) is 3.50. The van der Waals surface area contributed by atoms with Crippen LogP contribution in [0.15, 0.2) is 36.5 Å². The third-order valence-corrected chi connectivity index (χ3v) is 3.79. The van der Waals surface area contributed by atoms with Gasteiger partial charge in [0.2, 0.25) is 0 Å². The van der Waals surface area contributed by atoms with Crippen molar-refractivity contribution in [3.8, 4) is 11.5 Å². The zero-order valence-corrected chi connectivity index (χ0v) is 11.0. The molecule has 1 aliphatic rings. The molecule has 2 aromatic heterocycles. The van der Waals surface area contributed by atoms with Crippen LogP contribution in [0.5, 0.6) is 0 Å².